The molecule has 0 saturated carbocycles. The molecule has 0 saturated heterocycles. The first kappa shape index (κ1) is 19.9. The number of carbonyl (C=O) groups excluding carboxylic acids is 2. The maximum Gasteiger partial charge on any atom is 0.247 e. The molecular weight excluding hydrogens is 321 g/mol. The third-order valence-electron chi connectivity index (χ3n) is 2.50. The maximum atomic E-state index is 11.8. The van der Waals surface area contributed by atoms with Crippen LogP contribution in [0.5, 0.6) is 0 Å². The van der Waals surface area contributed by atoms with Gasteiger partial charge in [0.25, 0.3) is 0 Å². The van der Waals surface area contributed by atoms with Gasteiger partial charge in [-0.25, -0.2) is 0 Å². The topological polar surface area (TPSA) is 87.7 Å². The van der Waals surface area contributed by atoms with Crippen LogP contribution in [0.3, 0.4) is 0 Å². The lowest BCUT2D eigenvalue weighted by molar-refractivity contribution is -0.313. The summed E-state index contributed by atoms with van der Waals surface area (Å²) in [5, 5.41) is 13.4. The molecule has 0 rings (SSSR count). The van der Waals surface area contributed by atoms with Crippen molar-refractivity contribution < 1.29 is 23.7 Å². The Morgan fingerprint density at radius 1 is 1.30 bits per heavy atom. The lowest BCUT2D eigenvalue weighted by Crippen LogP contribution is -2.58. The molecule has 0 heterocycles. The van der Waals surface area contributed by atoms with Crippen LogP contribution in [0.1, 0.15) is 34.1 Å². The van der Waals surface area contributed by atoms with Gasteiger partial charge < -0.3 is 24.3 Å². The molecule has 20 heavy (non-hydrogen) atoms. The van der Waals surface area contributed by atoms with E-state index in [1.165, 1.54) is 6.92 Å². The number of carboxylic acid groups (broad SMARTS) is 1. The quantitative estimate of drug-likeness (QED) is 0.594. The third kappa shape index (κ3) is 6.54. The standard InChI is InChI=1S/C11H22NO5PS2/c1-5-11(4,10(14)15)12-9(13)8-20-18(19,16-6-2)17-7-3/h5-8H2,1-4H3,(H,12,13)(H,14,15)/p-1/t11-/m1/s1. The largest absolute Gasteiger partial charge is 0.548 e. The van der Waals surface area contributed by atoms with Gasteiger partial charge in [-0.1, -0.05) is 18.3 Å². The molecule has 0 aromatic carbocycles. The second-order valence-electron chi connectivity index (χ2n) is 4.08. The Morgan fingerprint density at radius 2 is 1.80 bits per heavy atom. The van der Waals surface area contributed by atoms with E-state index < -0.39 is 23.1 Å². The van der Waals surface area contributed by atoms with Gasteiger partial charge in [-0.3, -0.25) is 4.79 Å². The molecule has 118 valence electrons. The summed E-state index contributed by atoms with van der Waals surface area (Å²) in [5.74, 6) is -1.76. The van der Waals surface area contributed by atoms with Crippen molar-refractivity contribution >= 4 is 40.8 Å². The minimum Gasteiger partial charge on any atom is -0.548 e. The van der Waals surface area contributed by atoms with Gasteiger partial charge in [0.15, 0.2) is 0 Å². The van der Waals surface area contributed by atoms with Crippen LogP contribution >= 0.6 is 17.1 Å². The number of nitrogens with one attached hydrogen (secondary N) is 1. The normalized spacial score (nSPS) is 14.6. The van der Waals surface area contributed by atoms with E-state index in [1.54, 1.807) is 20.8 Å². The minimum absolute atomic E-state index is 0.0137. The first-order valence-electron chi connectivity index (χ1n) is 6.29. The van der Waals surface area contributed by atoms with Gasteiger partial charge in [-0.2, -0.15) is 0 Å². The summed E-state index contributed by atoms with van der Waals surface area (Å²) in [4.78, 5) is 22.8. The summed E-state index contributed by atoms with van der Waals surface area (Å²) in [6.45, 7) is 7.46. The minimum atomic E-state index is -2.54. The SMILES string of the molecule is CCOP(=S)(OCC)SCC(=O)N[C@](C)(CC)C(=O)[O-]. The highest BCUT2D eigenvalue weighted by Gasteiger charge is 2.27. The molecule has 0 radical (unpaired) electrons. The Labute approximate surface area is 128 Å². The van der Waals surface area contributed by atoms with Gasteiger partial charge in [-0.05, 0) is 39.0 Å². The molecule has 1 N–H and O–H groups in total. The zero-order valence-electron chi connectivity index (χ0n) is 12.1. The number of carboxylic acids is 1. The van der Waals surface area contributed by atoms with E-state index in [0.717, 1.165) is 11.4 Å². The highest BCUT2D eigenvalue weighted by atomic mass is 32.9. The molecule has 0 aromatic heterocycles. The lowest BCUT2D eigenvalue weighted by atomic mass is 9.99. The molecule has 9 heteroatoms. The van der Waals surface area contributed by atoms with E-state index in [9.17, 15) is 14.7 Å². The molecule has 0 fully saturated rings. The Bertz CT molecular complexity index is 383. The number of rotatable bonds is 10. The molecular formula is C11H21NO5PS2-. The highest BCUT2D eigenvalue weighted by molar-refractivity contribution is 8.68. The van der Waals surface area contributed by atoms with Gasteiger partial charge in [0, 0.05) is 0 Å². The predicted octanol–water partition coefficient (Wildman–Crippen LogP) is 1.05. The summed E-state index contributed by atoms with van der Waals surface area (Å²) in [6, 6.07) is 0. The van der Waals surface area contributed by atoms with E-state index in [0.29, 0.717) is 13.2 Å². The van der Waals surface area contributed by atoms with Crippen molar-refractivity contribution in [1.82, 2.24) is 5.32 Å². The van der Waals surface area contributed by atoms with Gasteiger partial charge in [-0.15, -0.1) is 0 Å². The number of amides is 1. The van der Waals surface area contributed by atoms with Crippen molar-refractivity contribution in [2.24, 2.45) is 0 Å². The van der Waals surface area contributed by atoms with Crippen molar-refractivity contribution in [3.63, 3.8) is 0 Å². The molecule has 0 aliphatic rings. The molecule has 0 aromatic rings. The monoisotopic (exact) mass is 342 g/mol. The fourth-order valence-electron chi connectivity index (χ4n) is 1.19. The summed E-state index contributed by atoms with van der Waals surface area (Å²) in [7, 11) is 0. The molecule has 0 bridgehead atoms. The predicted molar refractivity (Wildman–Crippen MR) is 81.8 cm³/mol. The van der Waals surface area contributed by atoms with Crippen molar-refractivity contribution in [2.75, 3.05) is 19.0 Å². The summed E-state index contributed by atoms with van der Waals surface area (Å²) in [6.07, 6.45) is 0.233. The van der Waals surface area contributed by atoms with E-state index in [1.807, 2.05) is 0 Å². The Hall–Kier alpha value is -0.140. The number of hydrogen-bond acceptors (Lipinski definition) is 7. The summed E-state index contributed by atoms with van der Waals surface area (Å²) in [5.41, 5.74) is -3.92. The van der Waals surface area contributed by atoms with Crippen molar-refractivity contribution in [1.29, 1.82) is 0 Å². The van der Waals surface area contributed by atoms with E-state index in [2.05, 4.69) is 5.32 Å². The average molecular weight is 342 g/mol. The number of aliphatic carboxylic acids is 1. The van der Waals surface area contributed by atoms with Crippen LogP contribution in [0.25, 0.3) is 0 Å². The summed E-state index contributed by atoms with van der Waals surface area (Å²) < 4.78 is 10.8. The van der Waals surface area contributed by atoms with Crippen LogP contribution in [0, 0.1) is 0 Å². The van der Waals surface area contributed by atoms with Gasteiger partial charge in [0.2, 0.25) is 11.6 Å². The van der Waals surface area contributed by atoms with Crippen LogP contribution in [-0.4, -0.2) is 36.4 Å². The Morgan fingerprint density at radius 3 is 2.15 bits per heavy atom. The average Bonchev–Trinajstić information content (AvgIpc) is 2.37. The van der Waals surface area contributed by atoms with Gasteiger partial charge >= 0.3 is 0 Å². The number of hydrogen-bond donors (Lipinski definition) is 1. The van der Waals surface area contributed by atoms with Crippen molar-refractivity contribution in [2.45, 2.75) is 39.7 Å². The Kier molecular flexibility index (Phi) is 8.93. The van der Waals surface area contributed by atoms with E-state index >= 15 is 0 Å². The van der Waals surface area contributed by atoms with E-state index in [4.69, 9.17) is 20.9 Å². The molecule has 0 spiro atoms. The first-order valence-corrected chi connectivity index (χ1v) is 10.5. The maximum absolute atomic E-state index is 11.8. The van der Waals surface area contributed by atoms with Gasteiger partial charge in [0.05, 0.1) is 30.5 Å². The molecule has 0 unspecified atom stereocenters. The highest BCUT2D eigenvalue weighted by Crippen LogP contribution is 2.60. The second kappa shape index (κ2) is 9.00. The molecule has 1 amide bonds. The second-order valence-corrected chi connectivity index (χ2v) is 10.4. The molecule has 0 aliphatic carbocycles. The smallest absolute Gasteiger partial charge is 0.247 e. The zero-order valence-corrected chi connectivity index (χ0v) is 14.7. The number of carbonyl (C=O) groups is 2. The molecule has 6 nitrogen and oxygen atoms in total. The first-order chi connectivity index (χ1) is 9.23. The van der Waals surface area contributed by atoms with Crippen molar-refractivity contribution in [3.8, 4) is 0 Å². The Balaban J connectivity index is 4.54. The van der Waals surface area contributed by atoms with Crippen LogP contribution in [0.15, 0.2) is 0 Å². The zero-order chi connectivity index (χ0) is 15.8. The third-order valence-corrected chi connectivity index (χ3v) is 7.91. The van der Waals surface area contributed by atoms with Crippen LogP contribution in [-0.2, 0) is 30.4 Å². The van der Waals surface area contributed by atoms with Crippen LogP contribution in [0.4, 0.5) is 0 Å². The van der Waals surface area contributed by atoms with Crippen LogP contribution in [0.2, 0.25) is 0 Å². The fraction of sp³-hybridized carbons (Fsp3) is 0.818. The van der Waals surface area contributed by atoms with Crippen molar-refractivity contribution in [3.05, 3.63) is 0 Å². The lowest BCUT2D eigenvalue weighted by Gasteiger charge is -2.30. The van der Waals surface area contributed by atoms with Gasteiger partial charge in [0.1, 0.15) is 0 Å². The summed E-state index contributed by atoms with van der Waals surface area (Å²) >= 11 is 6.36. The molecule has 1 atom stereocenters. The van der Waals surface area contributed by atoms with Crippen LogP contribution < -0.4 is 10.4 Å². The fourth-order valence-corrected chi connectivity index (χ4v) is 5.41. The molecule has 0 aliphatic heterocycles. The van der Waals surface area contributed by atoms with E-state index in [-0.39, 0.29) is 12.2 Å².